The second-order valence-corrected chi connectivity index (χ2v) is 6.20. The predicted octanol–water partition coefficient (Wildman–Crippen LogP) is 2.93. The van der Waals surface area contributed by atoms with Crippen LogP contribution in [0.25, 0.3) is 0 Å². The highest BCUT2D eigenvalue weighted by molar-refractivity contribution is 5.77. The topological polar surface area (TPSA) is 66.8 Å². The molecule has 0 aliphatic rings. The van der Waals surface area contributed by atoms with Gasteiger partial charge >= 0.3 is 5.97 Å². The van der Waals surface area contributed by atoms with Crippen LogP contribution in [0.4, 0.5) is 0 Å². The summed E-state index contributed by atoms with van der Waals surface area (Å²) in [7, 11) is 0. The molecule has 0 unspecified atom stereocenters. The van der Waals surface area contributed by atoms with Crippen LogP contribution in [0, 0.1) is 0 Å². The zero-order valence-corrected chi connectivity index (χ0v) is 12.8. The minimum atomic E-state index is -2.37. The van der Waals surface area contributed by atoms with Crippen molar-refractivity contribution in [3.05, 3.63) is 11.6 Å². The van der Waals surface area contributed by atoms with Crippen molar-refractivity contribution in [3.8, 4) is 0 Å². The molecule has 0 spiro atoms. The van der Waals surface area contributed by atoms with Gasteiger partial charge in [0.2, 0.25) is 0 Å². The van der Waals surface area contributed by atoms with Gasteiger partial charge in [-0.05, 0) is 53.9 Å². The molecular formula is C15H28O4. The summed E-state index contributed by atoms with van der Waals surface area (Å²) in [4.78, 5) is 11.6. The maximum atomic E-state index is 11.6. The molecule has 0 fully saturated rings. The summed E-state index contributed by atoms with van der Waals surface area (Å²) in [6.07, 6.45) is 5.57. The Morgan fingerprint density at radius 1 is 1.11 bits per heavy atom. The fourth-order valence-corrected chi connectivity index (χ4v) is 1.55. The molecule has 0 aromatic carbocycles. The quantitative estimate of drug-likeness (QED) is 0.324. The van der Waals surface area contributed by atoms with Crippen LogP contribution in [-0.2, 0) is 9.53 Å². The first-order chi connectivity index (χ1) is 8.54. The van der Waals surface area contributed by atoms with Gasteiger partial charge in [-0.25, -0.2) is 4.79 Å². The number of hydrogen-bond acceptors (Lipinski definition) is 4. The van der Waals surface area contributed by atoms with E-state index >= 15 is 0 Å². The van der Waals surface area contributed by atoms with Crippen molar-refractivity contribution in [2.24, 2.45) is 0 Å². The third-order valence-electron chi connectivity index (χ3n) is 2.51. The van der Waals surface area contributed by atoms with Crippen molar-refractivity contribution in [1.82, 2.24) is 0 Å². The van der Waals surface area contributed by atoms with Crippen LogP contribution < -0.4 is 0 Å². The van der Waals surface area contributed by atoms with E-state index in [0.717, 1.165) is 19.3 Å². The zero-order valence-electron chi connectivity index (χ0n) is 12.8. The summed E-state index contributed by atoms with van der Waals surface area (Å²) in [5, 5.41) is 19.3. The molecule has 4 nitrogen and oxygen atoms in total. The maximum absolute atomic E-state index is 11.6. The lowest BCUT2D eigenvalue weighted by molar-refractivity contribution is -0.221. The SMILES string of the molecule is CC(C)=CCCCCCC(O)(O)C(=O)OC(C)(C)C. The Morgan fingerprint density at radius 2 is 1.68 bits per heavy atom. The van der Waals surface area contributed by atoms with Crippen LogP contribution >= 0.6 is 0 Å². The molecule has 0 rings (SSSR count). The monoisotopic (exact) mass is 272 g/mol. The van der Waals surface area contributed by atoms with Crippen molar-refractivity contribution in [3.63, 3.8) is 0 Å². The van der Waals surface area contributed by atoms with Gasteiger partial charge in [0.25, 0.3) is 5.79 Å². The highest BCUT2D eigenvalue weighted by Crippen LogP contribution is 2.18. The predicted molar refractivity (Wildman–Crippen MR) is 75.5 cm³/mol. The molecule has 112 valence electrons. The van der Waals surface area contributed by atoms with E-state index in [1.165, 1.54) is 5.57 Å². The molecule has 0 amide bonds. The van der Waals surface area contributed by atoms with Crippen molar-refractivity contribution in [2.45, 2.75) is 78.1 Å². The lowest BCUT2D eigenvalue weighted by Gasteiger charge is -2.26. The summed E-state index contributed by atoms with van der Waals surface area (Å²) in [5.74, 6) is -3.34. The highest BCUT2D eigenvalue weighted by Gasteiger charge is 2.36. The Balaban J connectivity index is 3.97. The molecule has 0 aromatic rings. The van der Waals surface area contributed by atoms with E-state index in [0.29, 0.717) is 6.42 Å². The van der Waals surface area contributed by atoms with Crippen molar-refractivity contribution < 1.29 is 19.7 Å². The molecule has 0 bridgehead atoms. The normalized spacial score (nSPS) is 12.2. The lowest BCUT2D eigenvalue weighted by atomic mass is 10.1. The van der Waals surface area contributed by atoms with Crippen LogP contribution in [0.15, 0.2) is 11.6 Å². The van der Waals surface area contributed by atoms with Gasteiger partial charge in [0.05, 0.1) is 0 Å². The molecule has 0 heterocycles. The Kier molecular flexibility index (Phi) is 7.30. The average molecular weight is 272 g/mol. The second kappa shape index (κ2) is 7.65. The van der Waals surface area contributed by atoms with E-state index in [-0.39, 0.29) is 6.42 Å². The second-order valence-electron chi connectivity index (χ2n) is 6.20. The molecule has 0 aliphatic carbocycles. The number of rotatable bonds is 7. The molecule has 0 atom stereocenters. The first kappa shape index (κ1) is 18.1. The smallest absolute Gasteiger partial charge is 0.366 e. The van der Waals surface area contributed by atoms with E-state index in [1.807, 2.05) is 0 Å². The molecule has 4 heteroatoms. The summed E-state index contributed by atoms with van der Waals surface area (Å²) >= 11 is 0. The maximum Gasteiger partial charge on any atom is 0.366 e. The number of ether oxygens (including phenoxy) is 1. The zero-order chi connectivity index (χ0) is 15.1. The molecule has 0 saturated heterocycles. The van der Waals surface area contributed by atoms with Gasteiger partial charge in [0, 0.05) is 6.42 Å². The standard InChI is InChI=1S/C15H28O4/c1-12(2)10-8-6-7-9-11-15(17,18)13(16)19-14(3,4)5/h10,17-18H,6-9,11H2,1-5H3. The number of hydrogen-bond donors (Lipinski definition) is 2. The van der Waals surface area contributed by atoms with E-state index < -0.39 is 17.4 Å². The van der Waals surface area contributed by atoms with Gasteiger partial charge in [-0.1, -0.05) is 18.1 Å². The first-order valence-electron chi connectivity index (χ1n) is 6.86. The van der Waals surface area contributed by atoms with Crippen LogP contribution in [-0.4, -0.2) is 27.6 Å². The third-order valence-corrected chi connectivity index (χ3v) is 2.51. The molecule has 0 saturated carbocycles. The van der Waals surface area contributed by atoms with Crippen LogP contribution in [0.5, 0.6) is 0 Å². The Labute approximate surface area is 116 Å². The first-order valence-corrected chi connectivity index (χ1v) is 6.86. The minimum absolute atomic E-state index is 0.0106. The van der Waals surface area contributed by atoms with Crippen molar-refractivity contribution in [1.29, 1.82) is 0 Å². The Bertz CT molecular complexity index is 307. The number of aliphatic hydroxyl groups is 2. The van der Waals surface area contributed by atoms with E-state index in [4.69, 9.17) is 4.74 Å². The number of esters is 1. The molecule has 0 aliphatic heterocycles. The average Bonchev–Trinajstić information content (AvgIpc) is 2.20. The number of carbonyl (C=O) groups is 1. The number of carbonyl (C=O) groups excluding carboxylic acids is 1. The van der Waals surface area contributed by atoms with Crippen molar-refractivity contribution >= 4 is 5.97 Å². The summed E-state index contributed by atoms with van der Waals surface area (Å²) in [6, 6.07) is 0. The minimum Gasteiger partial charge on any atom is -0.456 e. The highest BCUT2D eigenvalue weighted by atomic mass is 16.6. The third kappa shape index (κ3) is 9.68. The van der Waals surface area contributed by atoms with Crippen LogP contribution in [0.1, 0.15) is 66.7 Å². The largest absolute Gasteiger partial charge is 0.456 e. The molecule has 0 aromatic heterocycles. The summed E-state index contributed by atoms with van der Waals surface area (Å²) in [5.41, 5.74) is 0.574. The van der Waals surface area contributed by atoms with Gasteiger partial charge in [-0.2, -0.15) is 0 Å². The van der Waals surface area contributed by atoms with Gasteiger partial charge in [0.15, 0.2) is 0 Å². The fraction of sp³-hybridized carbons (Fsp3) is 0.800. The fourth-order valence-electron chi connectivity index (χ4n) is 1.55. The van der Waals surface area contributed by atoms with Gasteiger partial charge in [0.1, 0.15) is 5.60 Å². The molecular weight excluding hydrogens is 244 g/mol. The van der Waals surface area contributed by atoms with Gasteiger partial charge in [-0.3, -0.25) is 0 Å². The lowest BCUT2D eigenvalue weighted by Crippen LogP contribution is -2.43. The van der Waals surface area contributed by atoms with E-state index in [1.54, 1.807) is 20.8 Å². The molecule has 2 N–H and O–H groups in total. The van der Waals surface area contributed by atoms with Crippen LogP contribution in [0.3, 0.4) is 0 Å². The van der Waals surface area contributed by atoms with E-state index in [2.05, 4.69) is 19.9 Å². The number of unbranched alkanes of at least 4 members (excludes halogenated alkanes) is 3. The van der Waals surface area contributed by atoms with Crippen LogP contribution in [0.2, 0.25) is 0 Å². The Morgan fingerprint density at radius 3 is 2.16 bits per heavy atom. The van der Waals surface area contributed by atoms with E-state index in [9.17, 15) is 15.0 Å². The van der Waals surface area contributed by atoms with Crippen molar-refractivity contribution in [2.75, 3.05) is 0 Å². The molecule has 19 heavy (non-hydrogen) atoms. The number of allylic oxidation sites excluding steroid dienone is 2. The van der Waals surface area contributed by atoms with Gasteiger partial charge < -0.3 is 14.9 Å². The molecule has 0 radical (unpaired) electrons. The van der Waals surface area contributed by atoms with Gasteiger partial charge in [-0.15, -0.1) is 0 Å². The summed E-state index contributed by atoms with van der Waals surface area (Å²) in [6.45, 7) is 9.19. The summed E-state index contributed by atoms with van der Waals surface area (Å²) < 4.78 is 4.96. The Hall–Kier alpha value is -0.870.